The number of aromatic nitrogens is 1. The van der Waals surface area contributed by atoms with Crippen molar-refractivity contribution in [1.29, 1.82) is 0 Å². The summed E-state index contributed by atoms with van der Waals surface area (Å²) in [5.74, 6) is 0.670. The Labute approximate surface area is 118 Å². The zero-order chi connectivity index (χ0) is 14.2. The first-order valence-corrected chi connectivity index (χ1v) is 5.80. The molecule has 0 amide bonds. The fourth-order valence-electron chi connectivity index (χ4n) is 1.67. The second kappa shape index (κ2) is 5.07. The summed E-state index contributed by atoms with van der Waals surface area (Å²) in [6, 6.07) is 1.54. The molecule has 0 atom stereocenters. The van der Waals surface area contributed by atoms with Gasteiger partial charge in [0.25, 0.3) is 0 Å². The monoisotopic (exact) mass is 302 g/mol. The van der Waals surface area contributed by atoms with E-state index in [-0.39, 0.29) is 21.1 Å². The number of nitrogens with zero attached hydrogens (tertiary/aromatic N) is 2. The Morgan fingerprint density at radius 2 is 1.84 bits per heavy atom. The van der Waals surface area contributed by atoms with Gasteiger partial charge in [-0.25, -0.2) is 4.98 Å². The Hall–Kier alpha value is -1.79. The number of halogens is 2. The van der Waals surface area contributed by atoms with E-state index in [1.54, 1.807) is 6.07 Å². The maximum atomic E-state index is 10.9. The van der Waals surface area contributed by atoms with Crippen LogP contribution in [-0.4, -0.2) is 24.1 Å². The summed E-state index contributed by atoms with van der Waals surface area (Å²) in [7, 11) is 2.87. The highest BCUT2D eigenvalue weighted by Crippen LogP contribution is 2.43. The van der Waals surface area contributed by atoms with Gasteiger partial charge in [0.05, 0.1) is 29.6 Å². The van der Waals surface area contributed by atoms with E-state index >= 15 is 0 Å². The number of fused-ring (bicyclic) bond motifs is 1. The second-order valence-corrected chi connectivity index (χ2v) is 4.29. The molecule has 0 saturated heterocycles. The van der Waals surface area contributed by atoms with Crippen molar-refractivity contribution in [3.05, 3.63) is 32.4 Å². The van der Waals surface area contributed by atoms with Crippen molar-refractivity contribution in [2.24, 2.45) is 0 Å². The quantitative estimate of drug-likeness (QED) is 0.641. The van der Waals surface area contributed by atoms with Crippen LogP contribution in [0.1, 0.15) is 0 Å². The van der Waals surface area contributed by atoms with Crippen LogP contribution in [0.4, 0.5) is 5.69 Å². The molecule has 0 aliphatic carbocycles. The lowest BCUT2D eigenvalue weighted by molar-refractivity contribution is -0.384. The molecule has 8 heteroatoms. The van der Waals surface area contributed by atoms with Gasteiger partial charge in [-0.15, -0.1) is 0 Å². The van der Waals surface area contributed by atoms with Crippen LogP contribution < -0.4 is 9.47 Å². The Morgan fingerprint density at radius 3 is 2.37 bits per heavy atom. The number of ether oxygens (including phenoxy) is 2. The Morgan fingerprint density at radius 1 is 1.21 bits per heavy atom. The minimum absolute atomic E-state index is 0.0998. The molecule has 19 heavy (non-hydrogen) atoms. The molecule has 0 aliphatic rings. The fraction of sp³-hybridized carbons (Fsp3) is 0.182. The first-order chi connectivity index (χ1) is 9.01. The molecule has 0 unspecified atom stereocenters. The van der Waals surface area contributed by atoms with Crippen molar-refractivity contribution in [2.75, 3.05) is 14.2 Å². The highest BCUT2D eigenvalue weighted by Gasteiger charge is 2.22. The molecule has 0 aliphatic heterocycles. The van der Waals surface area contributed by atoms with Crippen LogP contribution in [-0.2, 0) is 0 Å². The molecule has 1 aromatic carbocycles. The number of rotatable bonds is 3. The van der Waals surface area contributed by atoms with Gasteiger partial charge in [-0.2, -0.15) is 0 Å². The van der Waals surface area contributed by atoms with Crippen molar-refractivity contribution >= 4 is 39.8 Å². The predicted molar refractivity (Wildman–Crippen MR) is 71.5 cm³/mol. The van der Waals surface area contributed by atoms with Gasteiger partial charge in [-0.3, -0.25) is 10.1 Å². The normalized spacial score (nSPS) is 10.5. The smallest absolute Gasteiger partial charge is 0.306 e. The Balaban J connectivity index is 2.94. The van der Waals surface area contributed by atoms with Crippen molar-refractivity contribution in [3.63, 3.8) is 0 Å². The first-order valence-electron chi connectivity index (χ1n) is 5.04. The third-order valence-electron chi connectivity index (χ3n) is 2.57. The third kappa shape index (κ3) is 2.13. The lowest BCUT2D eigenvalue weighted by Gasteiger charge is -2.11. The molecule has 0 spiro atoms. The summed E-state index contributed by atoms with van der Waals surface area (Å²) in [6.45, 7) is 0. The summed E-state index contributed by atoms with van der Waals surface area (Å²) in [4.78, 5) is 14.2. The van der Waals surface area contributed by atoms with Gasteiger partial charge in [-0.05, 0) is 0 Å². The van der Waals surface area contributed by atoms with Gasteiger partial charge in [0, 0.05) is 6.07 Å². The molecule has 0 fully saturated rings. The molecule has 1 aromatic heterocycles. The zero-order valence-corrected chi connectivity index (χ0v) is 11.4. The average Bonchev–Trinajstić information content (AvgIpc) is 2.38. The number of benzene rings is 1. The van der Waals surface area contributed by atoms with Gasteiger partial charge in [0.2, 0.25) is 0 Å². The summed E-state index contributed by atoms with van der Waals surface area (Å²) >= 11 is 12.1. The standard InChI is InChI=1S/C11H8Cl2N2O4/c1-18-6-3-7(19-2)11-8(10(6)13)9(12)5(4-14-11)15(16)17/h3-4H,1-2H3. The van der Waals surface area contributed by atoms with Gasteiger partial charge in [0.15, 0.2) is 0 Å². The van der Waals surface area contributed by atoms with Crippen LogP contribution in [0.5, 0.6) is 11.5 Å². The molecule has 1 heterocycles. The van der Waals surface area contributed by atoms with Gasteiger partial charge in [0.1, 0.15) is 28.2 Å². The van der Waals surface area contributed by atoms with Gasteiger partial charge in [-0.1, -0.05) is 23.2 Å². The van der Waals surface area contributed by atoms with E-state index < -0.39 is 4.92 Å². The van der Waals surface area contributed by atoms with E-state index in [0.29, 0.717) is 17.0 Å². The maximum absolute atomic E-state index is 10.9. The van der Waals surface area contributed by atoms with Crippen LogP contribution in [0.2, 0.25) is 10.0 Å². The molecule has 0 saturated carbocycles. The molecule has 100 valence electrons. The van der Waals surface area contributed by atoms with Gasteiger partial charge < -0.3 is 9.47 Å². The largest absolute Gasteiger partial charge is 0.495 e. The van der Waals surface area contributed by atoms with E-state index in [9.17, 15) is 10.1 Å². The predicted octanol–water partition coefficient (Wildman–Crippen LogP) is 3.47. The van der Waals surface area contributed by atoms with Crippen LogP contribution in [0.25, 0.3) is 10.9 Å². The molecule has 6 nitrogen and oxygen atoms in total. The Kier molecular flexibility index (Phi) is 3.64. The van der Waals surface area contributed by atoms with Crippen LogP contribution in [0, 0.1) is 10.1 Å². The first kappa shape index (κ1) is 13.6. The number of methoxy groups -OCH3 is 2. The minimum atomic E-state index is -0.628. The summed E-state index contributed by atoms with van der Waals surface area (Å²) < 4.78 is 10.2. The van der Waals surface area contributed by atoms with Crippen LogP contribution >= 0.6 is 23.2 Å². The lowest BCUT2D eigenvalue weighted by Crippen LogP contribution is -1.96. The number of nitro groups is 1. The SMILES string of the molecule is COc1cc(OC)c2ncc([N+](=O)[O-])c(Cl)c2c1Cl. The van der Waals surface area contributed by atoms with Crippen molar-refractivity contribution in [2.45, 2.75) is 0 Å². The van der Waals surface area contributed by atoms with Crippen molar-refractivity contribution in [1.82, 2.24) is 4.98 Å². The molecular formula is C11H8Cl2N2O4. The maximum Gasteiger partial charge on any atom is 0.306 e. The van der Waals surface area contributed by atoms with Crippen molar-refractivity contribution < 1.29 is 14.4 Å². The summed E-state index contributed by atoms with van der Waals surface area (Å²) in [6.07, 6.45) is 1.07. The molecule has 0 bridgehead atoms. The highest BCUT2D eigenvalue weighted by atomic mass is 35.5. The van der Waals surface area contributed by atoms with Crippen LogP contribution in [0.3, 0.4) is 0 Å². The topological polar surface area (TPSA) is 74.5 Å². The summed E-state index contributed by atoms with van der Waals surface area (Å²) in [5.41, 5.74) is 0.00951. The zero-order valence-electron chi connectivity index (χ0n) is 9.94. The Bertz CT molecular complexity index is 676. The minimum Gasteiger partial charge on any atom is -0.495 e. The summed E-state index contributed by atoms with van der Waals surface area (Å²) in [5, 5.41) is 11.1. The molecular weight excluding hydrogens is 295 g/mol. The molecule has 2 rings (SSSR count). The van der Waals surface area contributed by atoms with E-state index in [1.807, 2.05) is 0 Å². The van der Waals surface area contributed by atoms with Crippen molar-refractivity contribution in [3.8, 4) is 11.5 Å². The number of hydrogen-bond acceptors (Lipinski definition) is 5. The van der Waals surface area contributed by atoms with E-state index in [4.69, 9.17) is 32.7 Å². The number of hydrogen-bond donors (Lipinski definition) is 0. The third-order valence-corrected chi connectivity index (χ3v) is 3.32. The molecule has 0 radical (unpaired) electrons. The van der Waals surface area contributed by atoms with E-state index in [1.165, 1.54) is 14.2 Å². The number of pyridine rings is 1. The second-order valence-electron chi connectivity index (χ2n) is 3.53. The lowest BCUT2D eigenvalue weighted by atomic mass is 10.1. The molecule has 2 aromatic rings. The highest BCUT2D eigenvalue weighted by molar-refractivity contribution is 6.44. The fourth-order valence-corrected chi connectivity index (χ4v) is 2.34. The van der Waals surface area contributed by atoms with Gasteiger partial charge >= 0.3 is 5.69 Å². The van der Waals surface area contributed by atoms with Crippen LogP contribution in [0.15, 0.2) is 12.3 Å². The molecule has 0 N–H and O–H groups in total. The van der Waals surface area contributed by atoms with E-state index in [0.717, 1.165) is 6.20 Å². The van der Waals surface area contributed by atoms with E-state index in [2.05, 4.69) is 4.98 Å². The average molecular weight is 303 g/mol.